The van der Waals surface area contributed by atoms with Crippen LogP contribution in [0.25, 0.3) is 0 Å². The molecule has 8 heteroatoms. The predicted molar refractivity (Wildman–Crippen MR) is 91.5 cm³/mol. The van der Waals surface area contributed by atoms with E-state index < -0.39 is 29.0 Å². The van der Waals surface area contributed by atoms with E-state index in [1.54, 1.807) is 6.92 Å². The monoisotopic (exact) mass is 364 g/mol. The molecule has 0 bridgehead atoms. The normalized spacial score (nSPS) is 14.9. The van der Waals surface area contributed by atoms with Crippen LogP contribution in [-0.2, 0) is 0 Å². The van der Waals surface area contributed by atoms with Gasteiger partial charge >= 0.3 is 0 Å². The van der Waals surface area contributed by atoms with Gasteiger partial charge in [-0.3, -0.25) is 4.79 Å². The zero-order valence-corrected chi connectivity index (χ0v) is 14.3. The molecule has 1 aromatic heterocycles. The second-order valence-corrected chi connectivity index (χ2v) is 6.37. The van der Waals surface area contributed by atoms with Crippen molar-refractivity contribution in [1.29, 1.82) is 0 Å². The highest BCUT2D eigenvalue weighted by molar-refractivity contribution is 6.03. The molecule has 0 atom stereocenters. The lowest BCUT2D eigenvalue weighted by atomic mass is 9.96. The Kier molecular flexibility index (Phi) is 5.39. The molecule has 26 heavy (non-hydrogen) atoms. The molecule has 0 saturated heterocycles. The van der Waals surface area contributed by atoms with Crippen LogP contribution < -0.4 is 10.6 Å². The van der Waals surface area contributed by atoms with Crippen LogP contribution >= 0.6 is 0 Å². The third-order valence-corrected chi connectivity index (χ3v) is 4.31. The number of anilines is 2. The fourth-order valence-electron chi connectivity index (χ4n) is 2.99. The predicted octanol–water partition coefficient (Wildman–Crippen LogP) is 4.20. The molecule has 2 N–H and O–H groups in total. The van der Waals surface area contributed by atoms with Crippen LogP contribution in [0.1, 0.15) is 48.3 Å². The first-order valence-corrected chi connectivity index (χ1v) is 8.51. The second kappa shape index (κ2) is 7.72. The Labute approximate surface area is 149 Å². The lowest BCUT2D eigenvalue weighted by Gasteiger charge is -2.23. The highest BCUT2D eigenvalue weighted by Crippen LogP contribution is 2.22. The van der Waals surface area contributed by atoms with E-state index in [-0.39, 0.29) is 11.7 Å². The van der Waals surface area contributed by atoms with Gasteiger partial charge in [0.05, 0.1) is 5.69 Å². The molecule has 1 aromatic carbocycles. The minimum absolute atomic E-state index is 0.0138. The van der Waals surface area contributed by atoms with Gasteiger partial charge in [-0.1, -0.05) is 19.3 Å². The number of carbonyl (C=O) groups is 1. The summed E-state index contributed by atoms with van der Waals surface area (Å²) in [6, 6.07) is 3.40. The van der Waals surface area contributed by atoms with Gasteiger partial charge in [-0.15, -0.1) is 0 Å². The van der Waals surface area contributed by atoms with Gasteiger partial charge in [0.25, 0.3) is 5.91 Å². The standard InChI is InChI=1S/C18H19F3N4O/c1-10-9-14(25-18(22-10)23-11-5-3-2-4-6-11)17(26)24-13-8-7-12(19)15(20)16(13)21/h7-9,11H,2-6H2,1H3,(H,24,26)(H,22,23,25). The zero-order valence-electron chi connectivity index (χ0n) is 14.3. The lowest BCUT2D eigenvalue weighted by molar-refractivity contribution is 0.102. The molecule has 1 amide bonds. The first kappa shape index (κ1) is 18.2. The van der Waals surface area contributed by atoms with Crippen LogP contribution in [0, 0.1) is 24.4 Å². The van der Waals surface area contributed by atoms with E-state index in [1.165, 1.54) is 12.5 Å². The number of hydrogen-bond donors (Lipinski definition) is 2. The summed E-state index contributed by atoms with van der Waals surface area (Å²) in [6.07, 6.45) is 5.50. The fourth-order valence-corrected chi connectivity index (χ4v) is 2.99. The third kappa shape index (κ3) is 4.12. The summed E-state index contributed by atoms with van der Waals surface area (Å²) in [5.74, 6) is -4.82. The summed E-state index contributed by atoms with van der Waals surface area (Å²) in [5.41, 5.74) is 0.126. The van der Waals surface area contributed by atoms with E-state index in [0.717, 1.165) is 37.8 Å². The molecule has 138 valence electrons. The molecule has 1 aliphatic carbocycles. The highest BCUT2D eigenvalue weighted by Gasteiger charge is 2.19. The quantitative estimate of drug-likeness (QED) is 0.798. The minimum atomic E-state index is -1.64. The fraction of sp³-hybridized carbons (Fsp3) is 0.389. The van der Waals surface area contributed by atoms with Crippen molar-refractivity contribution in [1.82, 2.24) is 9.97 Å². The number of aryl methyl sites for hydroxylation is 1. The van der Waals surface area contributed by atoms with Crippen molar-refractivity contribution in [2.24, 2.45) is 0 Å². The van der Waals surface area contributed by atoms with Crippen LogP contribution in [0.5, 0.6) is 0 Å². The van der Waals surface area contributed by atoms with Crippen molar-refractivity contribution in [3.05, 3.63) is 47.0 Å². The van der Waals surface area contributed by atoms with E-state index in [9.17, 15) is 18.0 Å². The molecule has 3 rings (SSSR count). The van der Waals surface area contributed by atoms with Gasteiger partial charge < -0.3 is 10.6 Å². The molecule has 1 heterocycles. The molecular weight excluding hydrogens is 345 g/mol. The number of hydrogen-bond acceptors (Lipinski definition) is 4. The molecular formula is C18H19F3N4O. The van der Waals surface area contributed by atoms with Gasteiger partial charge in [-0.2, -0.15) is 0 Å². The SMILES string of the molecule is Cc1cc(C(=O)Nc2ccc(F)c(F)c2F)nc(NC2CCCCC2)n1. The van der Waals surface area contributed by atoms with E-state index >= 15 is 0 Å². The molecule has 1 fully saturated rings. The Morgan fingerprint density at radius 2 is 1.81 bits per heavy atom. The van der Waals surface area contributed by atoms with E-state index in [1.807, 2.05) is 0 Å². The van der Waals surface area contributed by atoms with Crippen LogP contribution in [-0.4, -0.2) is 21.9 Å². The Morgan fingerprint density at radius 3 is 2.54 bits per heavy atom. The number of nitrogens with one attached hydrogen (secondary N) is 2. The summed E-state index contributed by atoms with van der Waals surface area (Å²) >= 11 is 0. The summed E-state index contributed by atoms with van der Waals surface area (Å²) in [5, 5.41) is 5.44. The number of amides is 1. The molecule has 1 saturated carbocycles. The smallest absolute Gasteiger partial charge is 0.274 e. The van der Waals surface area contributed by atoms with E-state index in [4.69, 9.17) is 0 Å². The maximum absolute atomic E-state index is 13.7. The van der Waals surface area contributed by atoms with Gasteiger partial charge in [0.2, 0.25) is 5.95 Å². The maximum Gasteiger partial charge on any atom is 0.274 e. The number of rotatable bonds is 4. The number of nitrogens with zero attached hydrogens (tertiary/aromatic N) is 2. The van der Waals surface area contributed by atoms with Gasteiger partial charge in [-0.25, -0.2) is 23.1 Å². The molecule has 0 aliphatic heterocycles. The Bertz CT molecular complexity index is 822. The molecule has 5 nitrogen and oxygen atoms in total. The average Bonchev–Trinajstić information content (AvgIpc) is 2.62. The maximum atomic E-state index is 13.7. The summed E-state index contributed by atoms with van der Waals surface area (Å²) in [4.78, 5) is 20.8. The van der Waals surface area contributed by atoms with Gasteiger partial charge in [0.1, 0.15) is 5.69 Å². The Balaban J connectivity index is 1.77. The molecule has 1 aliphatic rings. The first-order valence-electron chi connectivity index (χ1n) is 8.51. The molecule has 0 unspecified atom stereocenters. The van der Waals surface area contributed by atoms with Crippen LogP contribution in [0.2, 0.25) is 0 Å². The van der Waals surface area contributed by atoms with Crippen molar-refractivity contribution in [3.63, 3.8) is 0 Å². The Morgan fingerprint density at radius 1 is 1.08 bits per heavy atom. The van der Waals surface area contributed by atoms with E-state index in [0.29, 0.717) is 11.6 Å². The third-order valence-electron chi connectivity index (χ3n) is 4.31. The van der Waals surface area contributed by atoms with Crippen molar-refractivity contribution >= 4 is 17.5 Å². The Hall–Kier alpha value is -2.64. The van der Waals surface area contributed by atoms with Crippen molar-refractivity contribution in [2.75, 3.05) is 10.6 Å². The largest absolute Gasteiger partial charge is 0.351 e. The summed E-state index contributed by atoms with van der Waals surface area (Å²) in [7, 11) is 0. The number of benzene rings is 1. The number of carbonyl (C=O) groups excluding carboxylic acids is 1. The molecule has 0 spiro atoms. The second-order valence-electron chi connectivity index (χ2n) is 6.37. The van der Waals surface area contributed by atoms with E-state index in [2.05, 4.69) is 20.6 Å². The highest BCUT2D eigenvalue weighted by atomic mass is 19.2. The van der Waals surface area contributed by atoms with Gasteiger partial charge in [-0.05, 0) is 38.0 Å². The van der Waals surface area contributed by atoms with Gasteiger partial charge in [0, 0.05) is 11.7 Å². The lowest BCUT2D eigenvalue weighted by Crippen LogP contribution is -2.24. The van der Waals surface area contributed by atoms with Crippen molar-refractivity contribution in [2.45, 2.75) is 45.1 Å². The van der Waals surface area contributed by atoms with Crippen LogP contribution in [0.15, 0.2) is 18.2 Å². The zero-order chi connectivity index (χ0) is 18.7. The van der Waals surface area contributed by atoms with Crippen molar-refractivity contribution < 1.29 is 18.0 Å². The minimum Gasteiger partial charge on any atom is -0.351 e. The van der Waals surface area contributed by atoms with Crippen LogP contribution in [0.3, 0.4) is 0 Å². The topological polar surface area (TPSA) is 66.9 Å². The average molecular weight is 364 g/mol. The summed E-state index contributed by atoms with van der Waals surface area (Å²) in [6.45, 7) is 1.71. The molecule has 2 aromatic rings. The first-order chi connectivity index (χ1) is 12.4. The van der Waals surface area contributed by atoms with Gasteiger partial charge in [0.15, 0.2) is 17.5 Å². The van der Waals surface area contributed by atoms with Crippen LogP contribution in [0.4, 0.5) is 24.8 Å². The number of aromatic nitrogens is 2. The number of halogens is 3. The van der Waals surface area contributed by atoms with Crippen molar-refractivity contribution in [3.8, 4) is 0 Å². The molecule has 0 radical (unpaired) electrons. The summed E-state index contributed by atoms with van der Waals surface area (Å²) < 4.78 is 40.0.